The molecule has 2 aromatic carbocycles. The van der Waals surface area contributed by atoms with Crippen molar-refractivity contribution in [2.24, 2.45) is 0 Å². The molecule has 6 nitrogen and oxygen atoms in total. The lowest BCUT2D eigenvalue weighted by atomic mass is 9.95. The number of hydrogen-bond donors (Lipinski definition) is 1. The molecule has 2 aromatic rings. The number of halogens is 2. The molecule has 31 heavy (non-hydrogen) atoms. The van der Waals surface area contributed by atoms with Gasteiger partial charge in [0.05, 0.1) is 24.8 Å². The lowest BCUT2D eigenvalue weighted by Gasteiger charge is -2.31. The number of carbonyl (C=O) groups excluding carboxylic acids is 2. The molecule has 0 aliphatic carbocycles. The maximum absolute atomic E-state index is 13.0. The minimum atomic E-state index is -0.773. The Morgan fingerprint density at radius 3 is 2.35 bits per heavy atom. The van der Waals surface area contributed by atoms with Gasteiger partial charge in [-0.15, -0.1) is 0 Å². The van der Waals surface area contributed by atoms with Gasteiger partial charge < -0.3 is 14.7 Å². The zero-order chi connectivity index (χ0) is 22.0. The van der Waals surface area contributed by atoms with E-state index in [0.29, 0.717) is 47.5 Å². The molecule has 1 amide bonds. The molecule has 0 bridgehead atoms. The first-order chi connectivity index (χ1) is 15.0. The summed E-state index contributed by atoms with van der Waals surface area (Å²) >= 11 is 12.4. The van der Waals surface area contributed by atoms with Crippen LogP contribution in [0.25, 0.3) is 5.76 Å². The van der Waals surface area contributed by atoms with Gasteiger partial charge in [0.1, 0.15) is 5.76 Å². The summed E-state index contributed by atoms with van der Waals surface area (Å²) in [6.07, 6.45) is 0. The van der Waals surface area contributed by atoms with Crippen LogP contribution in [0.2, 0.25) is 10.0 Å². The molecule has 1 N–H and O–H groups in total. The molecule has 0 radical (unpaired) electrons. The standard InChI is InChI=1S/C23H22Cl2N2O4/c24-16-7-5-15(6-8-16)21(28)19-20(17-3-1-2-4-18(17)25)27(23(30)22(19)29)10-9-26-11-13-31-14-12-26/h1-8,20,28H,9-14H2/b21-19+/t20-/m1/s1. The van der Waals surface area contributed by atoms with E-state index in [2.05, 4.69) is 4.90 Å². The van der Waals surface area contributed by atoms with Gasteiger partial charge in [0.2, 0.25) is 0 Å². The number of hydrogen-bond acceptors (Lipinski definition) is 5. The highest BCUT2D eigenvalue weighted by Crippen LogP contribution is 2.41. The molecule has 8 heteroatoms. The van der Waals surface area contributed by atoms with Crippen LogP contribution in [0.4, 0.5) is 0 Å². The number of carbonyl (C=O) groups is 2. The summed E-state index contributed by atoms with van der Waals surface area (Å²) in [5.74, 6) is -1.61. The summed E-state index contributed by atoms with van der Waals surface area (Å²) in [6.45, 7) is 3.75. The molecule has 2 aliphatic rings. The largest absolute Gasteiger partial charge is 0.507 e. The second-order valence-corrected chi connectivity index (χ2v) is 8.32. The van der Waals surface area contributed by atoms with Crippen molar-refractivity contribution in [3.8, 4) is 0 Å². The summed E-state index contributed by atoms with van der Waals surface area (Å²) in [5.41, 5.74) is 1.04. The molecule has 162 valence electrons. The normalized spacial score (nSPS) is 21.6. The Hall–Kier alpha value is -2.38. The zero-order valence-electron chi connectivity index (χ0n) is 16.8. The van der Waals surface area contributed by atoms with Crippen molar-refractivity contribution < 1.29 is 19.4 Å². The van der Waals surface area contributed by atoms with Gasteiger partial charge in [0.25, 0.3) is 11.7 Å². The third-order valence-corrected chi connectivity index (χ3v) is 6.21. The molecule has 2 fully saturated rings. The van der Waals surface area contributed by atoms with Crippen LogP contribution in [0.1, 0.15) is 17.2 Å². The molecule has 2 heterocycles. The third-order valence-electron chi connectivity index (χ3n) is 5.62. The summed E-state index contributed by atoms with van der Waals surface area (Å²) in [4.78, 5) is 29.7. The smallest absolute Gasteiger partial charge is 0.295 e. The number of ether oxygens (including phenoxy) is 1. The van der Waals surface area contributed by atoms with E-state index < -0.39 is 17.7 Å². The number of likely N-dealkylation sites (tertiary alicyclic amines) is 1. The number of ketones is 1. The Morgan fingerprint density at radius 2 is 1.68 bits per heavy atom. The number of morpholine rings is 1. The maximum atomic E-state index is 13.0. The highest BCUT2D eigenvalue weighted by atomic mass is 35.5. The second-order valence-electron chi connectivity index (χ2n) is 7.47. The number of aliphatic hydroxyl groups is 1. The minimum absolute atomic E-state index is 0.0300. The Kier molecular flexibility index (Phi) is 6.62. The molecule has 0 spiro atoms. The van der Waals surface area contributed by atoms with Crippen LogP contribution < -0.4 is 0 Å². The van der Waals surface area contributed by atoms with Crippen molar-refractivity contribution in [1.29, 1.82) is 0 Å². The minimum Gasteiger partial charge on any atom is -0.507 e. The van der Waals surface area contributed by atoms with Gasteiger partial charge in [-0.1, -0.05) is 41.4 Å². The Labute approximate surface area is 190 Å². The molecule has 0 unspecified atom stereocenters. The van der Waals surface area contributed by atoms with Crippen LogP contribution in [0.3, 0.4) is 0 Å². The van der Waals surface area contributed by atoms with Crippen LogP contribution in [0, 0.1) is 0 Å². The van der Waals surface area contributed by atoms with Crippen LogP contribution in [0.15, 0.2) is 54.1 Å². The summed E-state index contributed by atoms with van der Waals surface area (Å²) in [5, 5.41) is 12.0. The van der Waals surface area contributed by atoms with Crippen LogP contribution in [-0.2, 0) is 14.3 Å². The van der Waals surface area contributed by atoms with Crippen LogP contribution in [0.5, 0.6) is 0 Å². The molecular formula is C23H22Cl2N2O4. The summed E-state index contributed by atoms with van der Waals surface area (Å²) < 4.78 is 5.38. The monoisotopic (exact) mass is 460 g/mol. The molecule has 1 atom stereocenters. The first-order valence-corrected chi connectivity index (χ1v) is 10.8. The van der Waals surface area contributed by atoms with Gasteiger partial charge in [0, 0.05) is 41.8 Å². The first kappa shape index (κ1) is 21.8. The van der Waals surface area contributed by atoms with Crippen molar-refractivity contribution in [2.45, 2.75) is 6.04 Å². The predicted molar refractivity (Wildman–Crippen MR) is 119 cm³/mol. The van der Waals surface area contributed by atoms with Crippen molar-refractivity contribution in [3.05, 3.63) is 75.3 Å². The molecule has 0 aromatic heterocycles. The Morgan fingerprint density at radius 1 is 1.00 bits per heavy atom. The van der Waals surface area contributed by atoms with Gasteiger partial charge in [-0.25, -0.2) is 0 Å². The van der Waals surface area contributed by atoms with Gasteiger partial charge in [-0.2, -0.15) is 0 Å². The number of Topliss-reactive ketones (excluding diaryl/α,β-unsaturated/α-hetero) is 1. The van der Waals surface area contributed by atoms with Gasteiger partial charge in [0.15, 0.2) is 0 Å². The fourth-order valence-corrected chi connectivity index (χ4v) is 4.33. The topological polar surface area (TPSA) is 70.1 Å². The van der Waals surface area contributed by atoms with Crippen molar-refractivity contribution >= 4 is 40.7 Å². The lowest BCUT2D eigenvalue weighted by molar-refractivity contribution is -0.140. The van der Waals surface area contributed by atoms with E-state index in [0.717, 1.165) is 13.1 Å². The highest BCUT2D eigenvalue weighted by molar-refractivity contribution is 6.47. The van der Waals surface area contributed by atoms with Gasteiger partial charge in [-0.3, -0.25) is 14.5 Å². The predicted octanol–water partition coefficient (Wildman–Crippen LogP) is 3.75. The number of aliphatic hydroxyl groups excluding tert-OH is 1. The molecule has 0 saturated carbocycles. The van der Waals surface area contributed by atoms with E-state index in [1.807, 2.05) is 0 Å². The van der Waals surface area contributed by atoms with Crippen molar-refractivity contribution in [1.82, 2.24) is 9.80 Å². The molecule has 2 aliphatic heterocycles. The highest BCUT2D eigenvalue weighted by Gasteiger charge is 2.46. The molecular weight excluding hydrogens is 439 g/mol. The van der Waals surface area contributed by atoms with Crippen molar-refractivity contribution in [3.63, 3.8) is 0 Å². The van der Waals surface area contributed by atoms with E-state index in [4.69, 9.17) is 27.9 Å². The van der Waals surface area contributed by atoms with E-state index in [9.17, 15) is 14.7 Å². The molecule has 2 saturated heterocycles. The Balaban J connectivity index is 1.75. The lowest BCUT2D eigenvalue weighted by Crippen LogP contribution is -2.42. The zero-order valence-corrected chi connectivity index (χ0v) is 18.3. The fourth-order valence-electron chi connectivity index (χ4n) is 3.97. The summed E-state index contributed by atoms with van der Waals surface area (Å²) in [7, 11) is 0. The van der Waals surface area contributed by atoms with Gasteiger partial charge >= 0.3 is 0 Å². The second kappa shape index (κ2) is 9.40. The number of benzene rings is 2. The SMILES string of the molecule is O=C1C(=O)N(CCN2CCOCC2)[C@H](c2ccccc2Cl)/C1=C(\O)c1ccc(Cl)cc1. The maximum Gasteiger partial charge on any atom is 0.295 e. The number of rotatable bonds is 5. The summed E-state index contributed by atoms with van der Waals surface area (Å²) in [6, 6.07) is 12.8. The fraction of sp³-hybridized carbons (Fsp3) is 0.304. The number of nitrogens with zero attached hydrogens (tertiary/aromatic N) is 2. The average molecular weight is 461 g/mol. The van der Waals surface area contributed by atoms with Gasteiger partial charge in [-0.05, 0) is 35.9 Å². The number of amides is 1. The Bertz CT molecular complexity index is 1020. The van der Waals surface area contributed by atoms with E-state index in [-0.39, 0.29) is 11.3 Å². The van der Waals surface area contributed by atoms with E-state index >= 15 is 0 Å². The van der Waals surface area contributed by atoms with Crippen molar-refractivity contribution in [2.75, 3.05) is 39.4 Å². The quantitative estimate of drug-likeness (QED) is 0.418. The molecule has 4 rings (SSSR count). The van der Waals surface area contributed by atoms with Crippen LogP contribution >= 0.6 is 23.2 Å². The van der Waals surface area contributed by atoms with E-state index in [1.54, 1.807) is 48.5 Å². The van der Waals surface area contributed by atoms with E-state index in [1.165, 1.54) is 4.90 Å². The third kappa shape index (κ3) is 4.48. The van der Waals surface area contributed by atoms with Crippen LogP contribution in [-0.4, -0.2) is 66.0 Å². The first-order valence-electron chi connectivity index (χ1n) is 10.1. The average Bonchev–Trinajstić information content (AvgIpc) is 3.03.